The Hall–Kier alpha value is -1.02. The fourth-order valence-electron chi connectivity index (χ4n) is 3.81. The van der Waals surface area contributed by atoms with Crippen LogP contribution in [0.4, 0.5) is 5.69 Å². The van der Waals surface area contributed by atoms with Crippen molar-refractivity contribution < 1.29 is 5.11 Å². The average molecular weight is 259 g/mol. The third-order valence-electron chi connectivity index (χ3n) is 4.80. The maximum Gasteiger partial charge on any atom is 0.0797 e. The molecule has 0 saturated heterocycles. The zero-order valence-electron chi connectivity index (χ0n) is 12.1. The highest BCUT2D eigenvalue weighted by molar-refractivity contribution is 5.61. The largest absolute Gasteiger partial charge is 0.388 e. The summed E-state index contributed by atoms with van der Waals surface area (Å²) in [4.78, 5) is 2.54. The van der Waals surface area contributed by atoms with Crippen molar-refractivity contribution in [2.45, 2.75) is 70.1 Å². The van der Waals surface area contributed by atoms with E-state index < -0.39 is 5.60 Å². The molecule has 1 fully saturated rings. The first-order chi connectivity index (χ1) is 9.07. The van der Waals surface area contributed by atoms with Crippen LogP contribution < -0.4 is 4.90 Å². The Balaban J connectivity index is 1.95. The summed E-state index contributed by atoms with van der Waals surface area (Å²) >= 11 is 0. The second kappa shape index (κ2) is 4.82. The van der Waals surface area contributed by atoms with Crippen molar-refractivity contribution in [3.05, 3.63) is 29.8 Å². The van der Waals surface area contributed by atoms with Crippen LogP contribution >= 0.6 is 0 Å². The smallest absolute Gasteiger partial charge is 0.0797 e. The van der Waals surface area contributed by atoms with Gasteiger partial charge in [-0.1, -0.05) is 37.5 Å². The summed E-state index contributed by atoms with van der Waals surface area (Å²) in [5.41, 5.74) is 2.12. The molecule has 1 aliphatic heterocycles. The lowest BCUT2D eigenvalue weighted by atomic mass is 9.90. The summed E-state index contributed by atoms with van der Waals surface area (Å²) in [5.74, 6) is 0. The maximum atomic E-state index is 10.5. The van der Waals surface area contributed by atoms with Gasteiger partial charge in [0.15, 0.2) is 0 Å². The number of anilines is 1. The van der Waals surface area contributed by atoms with Crippen LogP contribution in [0.3, 0.4) is 0 Å². The van der Waals surface area contributed by atoms with Gasteiger partial charge in [-0.3, -0.25) is 0 Å². The van der Waals surface area contributed by atoms with Gasteiger partial charge < -0.3 is 10.0 Å². The Bertz CT molecular complexity index is 443. The van der Waals surface area contributed by atoms with E-state index in [1.165, 1.54) is 43.4 Å². The minimum Gasteiger partial charge on any atom is -0.388 e. The number of hydrogen-bond donors (Lipinski definition) is 1. The molecule has 2 nitrogen and oxygen atoms in total. The second-order valence-electron chi connectivity index (χ2n) is 6.70. The van der Waals surface area contributed by atoms with Crippen LogP contribution in [0.25, 0.3) is 0 Å². The zero-order valence-corrected chi connectivity index (χ0v) is 12.1. The number of hydrogen-bond acceptors (Lipinski definition) is 2. The normalized spacial score (nSPS) is 24.6. The van der Waals surface area contributed by atoms with E-state index in [2.05, 4.69) is 29.2 Å². The van der Waals surface area contributed by atoms with Gasteiger partial charge in [-0.25, -0.2) is 0 Å². The third kappa shape index (κ3) is 2.38. The lowest BCUT2D eigenvalue weighted by Crippen LogP contribution is -2.52. The molecule has 2 aliphatic rings. The zero-order chi connectivity index (χ0) is 13.5. The fourth-order valence-corrected chi connectivity index (χ4v) is 3.81. The van der Waals surface area contributed by atoms with Gasteiger partial charge in [0.2, 0.25) is 0 Å². The lowest BCUT2D eigenvalue weighted by Gasteiger charge is -2.42. The van der Waals surface area contributed by atoms with Crippen LogP contribution in [-0.2, 0) is 6.42 Å². The SMILES string of the molecule is CC(C)(O)C1Cc2ccccc2N1C1CCCCC1. The van der Waals surface area contributed by atoms with Crippen LogP contribution in [-0.4, -0.2) is 22.8 Å². The van der Waals surface area contributed by atoms with Crippen molar-refractivity contribution >= 4 is 5.69 Å². The monoisotopic (exact) mass is 259 g/mol. The number of aliphatic hydroxyl groups is 1. The van der Waals surface area contributed by atoms with Gasteiger partial charge in [0, 0.05) is 11.7 Å². The van der Waals surface area contributed by atoms with Gasteiger partial charge in [0.25, 0.3) is 0 Å². The van der Waals surface area contributed by atoms with Gasteiger partial charge >= 0.3 is 0 Å². The Labute approximate surface area is 116 Å². The first kappa shape index (κ1) is 13.0. The van der Waals surface area contributed by atoms with Gasteiger partial charge in [-0.2, -0.15) is 0 Å². The molecular weight excluding hydrogens is 234 g/mol. The summed E-state index contributed by atoms with van der Waals surface area (Å²) in [6.45, 7) is 3.92. The molecule has 0 amide bonds. The second-order valence-corrected chi connectivity index (χ2v) is 6.70. The number of benzene rings is 1. The van der Waals surface area contributed by atoms with Crippen molar-refractivity contribution in [3.63, 3.8) is 0 Å². The van der Waals surface area contributed by atoms with Gasteiger partial charge in [0.1, 0.15) is 0 Å². The van der Waals surface area contributed by atoms with Crippen LogP contribution in [0.1, 0.15) is 51.5 Å². The summed E-state index contributed by atoms with van der Waals surface area (Å²) in [7, 11) is 0. The van der Waals surface area contributed by atoms with Crippen molar-refractivity contribution in [3.8, 4) is 0 Å². The lowest BCUT2D eigenvalue weighted by molar-refractivity contribution is 0.0476. The van der Waals surface area contributed by atoms with E-state index in [1.54, 1.807) is 0 Å². The van der Waals surface area contributed by atoms with E-state index in [0.717, 1.165) is 6.42 Å². The topological polar surface area (TPSA) is 23.5 Å². The average Bonchev–Trinajstić information content (AvgIpc) is 2.79. The molecule has 3 rings (SSSR count). The molecule has 1 aliphatic carbocycles. The van der Waals surface area contributed by atoms with Crippen LogP contribution in [0, 0.1) is 0 Å². The van der Waals surface area contributed by atoms with Crippen molar-refractivity contribution in [2.24, 2.45) is 0 Å². The number of nitrogens with zero attached hydrogens (tertiary/aromatic N) is 1. The first-order valence-corrected chi connectivity index (χ1v) is 7.66. The quantitative estimate of drug-likeness (QED) is 0.878. The Morgan fingerprint density at radius 1 is 1.11 bits per heavy atom. The molecular formula is C17H25NO. The highest BCUT2D eigenvalue weighted by Gasteiger charge is 2.41. The Morgan fingerprint density at radius 3 is 2.47 bits per heavy atom. The highest BCUT2D eigenvalue weighted by atomic mass is 16.3. The Morgan fingerprint density at radius 2 is 1.79 bits per heavy atom. The van der Waals surface area contributed by atoms with Crippen LogP contribution in [0.15, 0.2) is 24.3 Å². The van der Waals surface area contributed by atoms with Crippen molar-refractivity contribution in [1.29, 1.82) is 0 Å². The minimum absolute atomic E-state index is 0.230. The molecule has 1 N–H and O–H groups in total. The molecule has 1 aromatic carbocycles. The van der Waals surface area contributed by atoms with Crippen LogP contribution in [0.2, 0.25) is 0 Å². The molecule has 1 heterocycles. The summed E-state index contributed by atoms with van der Waals surface area (Å²) < 4.78 is 0. The molecule has 19 heavy (non-hydrogen) atoms. The standard InChI is InChI=1S/C17H25NO/c1-17(2,19)16-12-13-8-6-7-11-15(13)18(16)14-9-4-3-5-10-14/h6-8,11,14,16,19H,3-5,9-10,12H2,1-2H3. The molecule has 104 valence electrons. The predicted octanol–water partition coefficient (Wildman–Crippen LogP) is 3.52. The van der Waals surface area contributed by atoms with Gasteiger partial charge in [0.05, 0.1) is 11.6 Å². The number of fused-ring (bicyclic) bond motifs is 1. The number of para-hydroxylation sites is 1. The fraction of sp³-hybridized carbons (Fsp3) is 0.647. The summed E-state index contributed by atoms with van der Waals surface area (Å²) in [6, 6.07) is 9.54. The van der Waals surface area contributed by atoms with E-state index in [9.17, 15) is 5.11 Å². The number of rotatable bonds is 2. The molecule has 1 aromatic rings. The minimum atomic E-state index is -0.642. The first-order valence-electron chi connectivity index (χ1n) is 7.66. The molecule has 0 aromatic heterocycles. The van der Waals surface area contributed by atoms with E-state index in [-0.39, 0.29) is 6.04 Å². The molecule has 1 atom stereocenters. The van der Waals surface area contributed by atoms with Crippen LogP contribution in [0.5, 0.6) is 0 Å². The molecule has 2 heteroatoms. The molecule has 0 bridgehead atoms. The van der Waals surface area contributed by atoms with E-state index in [0.29, 0.717) is 6.04 Å². The van der Waals surface area contributed by atoms with Gasteiger partial charge in [-0.05, 0) is 44.7 Å². The molecule has 0 spiro atoms. The summed E-state index contributed by atoms with van der Waals surface area (Å²) in [6.07, 6.45) is 7.58. The predicted molar refractivity (Wildman–Crippen MR) is 79.6 cm³/mol. The maximum absolute atomic E-state index is 10.5. The molecule has 1 saturated carbocycles. The Kier molecular flexibility index (Phi) is 3.30. The van der Waals surface area contributed by atoms with E-state index in [4.69, 9.17) is 0 Å². The van der Waals surface area contributed by atoms with Gasteiger partial charge in [-0.15, -0.1) is 0 Å². The molecule has 1 unspecified atom stereocenters. The third-order valence-corrected chi connectivity index (χ3v) is 4.80. The van der Waals surface area contributed by atoms with E-state index >= 15 is 0 Å². The molecule has 0 radical (unpaired) electrons. The van der Waals surface area contributed by atoms with Crippen molar-refractivity contribution in [2.75, 3.05) is 4.90 Å². The van der Waals surface area contributed by atoms with E-state index in [1.807, 2.05) is 13.8 Å². The summed E-state index contributed by atoms with van der Waals surface area (Å²) in [5, 5.41) is 10.5. The highest BCUT2D eigenvalue weighted by Crippen LogP contribution is 2.40. The van der Waals surface area contributed by atoms with Crippen molar-refractivity contribution in [1.82, 2.24) is 0 Å².